The predicted molar refractivity (Wildman–Crippen MR) is 126 cm³/mol. The molecule has 1 heterocycles. The zero-order valence-electron chi connectivity index (χ0n) is 17.0. The molecule has 6 nitrogen and oxygen atoms in total. The first-order chi connectivity index (χ1) is 15.6. The van der Waals surface area contributed by atoms with E-state index in [1.54, 1.807) is 49.4 Å². The molecule has 1 unspecified atom stereocenters. The van der Waals surface area contributed by atoms with Crippen molar-refractivity contribution in [3.63, 3.8) is 0 Å². The number of thioether (sulfide) groups is 1. The number of benzene rings is 3. The number of halogens is 1. The van der Waals surface area contributed by atoms with Crippen LogP contribution in [0.4, 0.5) is 20.9 Å². The number of nitrogens with zero attached hydrogens (tertiary/aromatic N) is 2. The number of hydrogen-bond donors (Lipinski definition) is 2. The van der Waals surface area contributed by atoms with Crippen molar-refractivity contribution >= 4 is 45.5 Å². The number of nitrogens with one attached hydrogen (secondary N) is 2. The van der Waals surface area contributed by atoms with Crippen molar-refractivity contribution in [1.29, 1.82) is 0 Å². The van der Waals surface area contributed by atoms with Gasteiger partial charge in [0.15, 0.2) is 4.34 Å². The molecule has 32 heavy (non-hydrogen) atoms. The van der Waals surface area contributed by atoms with Gasteiger partial charge in [-0.2, -0.15) is 0 Å². The van der Waals surface area contributed by atoms with E-state index in [4.69, 9.17) is 4.74 Å². The molecule has 1 amide bonds. The average Bonchev–Trinajstić information content (AvgIpc) is 3.24. The summed E-state index contributed by atoms with van der Waals surface area (Å²) in [7, 11) is 0. The second-order valence-electron chi connectivity index (χ2n) is 6.67. The third-order valence-corrected chi connectivity index (χ3v) is 6.29. The van der Waals surface area contributed by atoms with Crippen LogP contribution in [0.1, 0.15) is 6.92 Å². The number of para-hydroxylation sites is 2. The number of aromatic nitrogens is 2. The number of anilines is 3. The fourth-order valence-electron chi connectivity index (χ4n) is 2.67. The number of ether oxygens (including phenoxy) is 1. The zero-order valence-corrected chi connectivity index (χ0v) is 18.6. The molecule has 162 valence electrons. The van der Waals surface area contributed by atoms with Gasteiger partial charge in [-0.1, -0.05) is 53.4 Å². The summed E-state index contributed by atoms with van der Waals surface area (Å²) >= 11 is 2.54. The van der Waals surface area contributed by atoms with Crippen LogP contribution in [0.2, 0.25) is 0 Å². The lowest BCUT2D eigenvalue weighted by molar-refractivity contribution is -0.115. The van der Waals surface area contributed by atoms with E-state index in [0.29, 0.717) is 26.6 Å². The van der Waals surface area contributed by atoms with E-state index in [2.05, 4.69) is 20.8 Å². The molecule has 3 aromatic carbocycles. The van der Waals surface area contributed by atoms with E-state index in [1.165, 1.54) is 29.2 Å². The van der Waals surface area contributed by atoms with Gasteiger partial charge in [-0.05, 0) is 55.5 Å². The third kappa shape index (κ3) is 5.83. The Morgan fingerprint density at radius 3 is 2.41 bits per heavy atom. The van der Waals surface area contributed by atoms with Gasteiger partial charge in [-0.15, -0.1) is 10.2 Å². The lowest BCUT2D eigenvalue weighted by Crippen LogP contribution is -2.22. The molecule has 0 radical (unpaired) electrons. The van der Waals surface area contributed by atoms with E-state index >= 15 is 0 Å². The third-order valence-electron chi connectivity index (χ3n) is 4.27. The van der Waals surface area contributed by atoms with E-state index < -0.39 is 5.25 Å². The number of rotatable bonds is 8. The summed E-state index contributed by atoms with van der Waals surface area (Å²) in [6.07, 6.45) is 0. The Balaban J connectivity index is 1.30. The van der Waals surface area contributed by atoms with Crippen LogP contribution in [0.25, 0.3) is 0 Å². The molecule has 0 saturated carbocycles. The summed E-state index contributed by atoms with van der Waals surface area (Å²) in [5.41, 5.74) is 0.993. The fraction of sp³-hybridized carbons (Fsp3) is 0.0870. The van der Waals surface area contributed by atoms with Crippen molar-refractivity contribution in [1.82, 2.24) is 10.2 Å². The Labute approximate surface area is 192 Å². The highest BCUT2D eigenvalue weighted by atomic mass is 32.2. The van der Waals surface area contributed by atoms with Gasteiger partial charge in [0.25, 0.3) is 0 Å². The van der Waals surface area contributed by atoms with Crippen molar-refractivity contribution in [3.05, 3.63) is 84.7 Å². The molecular formula is C23H19FN4O2S2. The van der Waals surface area contributed by atoms with Gasteiger partial charge in [0.2, 0.25) is 11.0 Å². The molecule has 0 spiro atoms. The fourth-order valence-corrected chi connectivity index (χ4v) is 4.57. The standard InChI is InChI=1S/C23H19FN4O2S2/c1-15(31-23-28-27-22(32-23)26-20-10-6-5-9-19(20)24)21(29)25-16-11-13-18(14-12-16)30-17-7-3-2-4-8-17/h2-15H,1H3,(H,25,29)(H,26,27). The maximum atomic E-state index is 13.8. The summed E-state index contributed by atoms with van der Waals surface area (Å²) in [4.78, 5) is 12.6. The largest absolute Gasteiger partial charge is 0.457 e. The molecule has 0 aliphatic heterocycles. The highest BCUT2D eigenvalue weighted by Crippen LogP contribution is 2.31. The van der Waals surface area contributed by atoms with Crippen LogP contribution in [0, 0.1) is 5.82 Å². The zero-order chi connectivity index (χ0) is 22.3. The molecule has 0 aliphatic rings. The minimum absolute atomic E-state index is 0.162. The number of carbonyl (C=O) groups excluding carboxylic acids is 1. The van der Waals surface area contributed by atoms with Crippen LogP contribution in [0.5, 0.6) is 11.5 Å². The Kier molecular flexibility index (Phi) is 6.98. The molecular weight excluding hydrogens is 447 g/mol. The van der Waals surface area contributed by atoms with E-state index in [1.807, 2.05) is 30.3 Å². The Morgan fingerprint density at radius 1 is 0.969 bits per heavy atom. The van der Waals surface area contributed by atoms with Crippen molar-refractivity contribution < 1.29 is 13.9 Å². The number of hydrogen-bond acceptors (Lipinski definition) is 7. The van der Waals surface area contributed by atoms with Crippen LogP contribution in [-0.2, 0) is 4.79 Å². The van der Waals surface area contributed by atoms with Gasteiger partial charge in [0, 0.05) is 5.69 Å². The van der Waals surface area contributed by atoms with Crippen LogP contribution >= 0.6 is 23.1 Å². The second-order valence-corrected chi connectivity index (χ2v) is 9.23. The molecule has 2 N–H and O–H groups in total. The van der Waals surface area contributed by atoms with Gasteiger partial charge in [-0.3, -0.25) is 4.79 Å². The SMILES string of the molecule is CC(Sc1nnc(Nc2ccccc2F)s1)C(=O)Nc1ccc(Oc2ccccc2)cc1. The summed E-state index contributed by atoms with van der Waals surface area (Å²) in [5, 5.41) is 13.9. The molecule has 1 aromatic heterocycles. The molecule has 1 atom stereocenters. The number of carbonyl (C=O) groups is 1. The minimum atomic E-state index is -0.399. The lowest BCUT2D eigenvalue weighted by atomic mass is 10.3. The highest BCUT2D eigenvalue weighted by Gasteiger charge is 2.18. The van der Waals surface area contributed by atoms with Crippen molar-refractivity contribution in [2.24, 2.45) is 0 Å². The molecule has 4 aromatic rings. The van der Waals surface area contributed by atoms with Crippen molar-refractivity contribution in [3.8, 4) is 11.5 Å². The first-order valence-electron chi connectivity index (χ1n) is 9.72. The number of amides is 1. The Bertz CT molecular complexity index is 1190. The lowest BCUT2D eigenvalue weighted by Gasteiger charge is -2.11. The monoisotopic (exact) mass is 466 g/mol. The van der Waals surface area contributed by atoms with E-state index in [-0.39, 0.29) is 11.7 Å². The highest BCUT2D eigenvalue weighted by molar-refractivity contribution is 8.02. The van der Waals surface area contributed by atoms with Crippen LogP contribution in [-0.4, -0.2) is 21.4 Å². The van der Waals surface area contributed by atoms with Crippen LogP contribution in [0.15, 0.2) is 83.2 Å². The van der Waals surface area contributed by atoms with Crippen molar-refractivity contribution in [2.45, 2.75) is 16.5 Å². The Hall–Kier alpha value is -3.43. The van der Waals surface area contributed by atoms with Gasteiger partial charge in [0.05, 0.1) is 10.9 Å². The van der Waals surface area contributed by atoms with Gasteiger partial charge < -0.3 is 15.4 Å². The summed E-state index contributed by atoms with van der Waals surface area (Å²) in [6.45, 7) is 1.79. The molecule has 4 rings (SSSR count). The first kappa shape index (κ1) is 21.8. The smallest absolute Gasteiger partial charge is 0.237 e. The van der Waals surface area contributed by atoms with E-state index in [9.17, 15) is 9.18 Å². The quantitative estimate of drug-likeness (QED) is 0.296. The molecule has 0 aliphatic carbocycles. The van der Waals surface area contributed by atoms with Gasteiger partial charge >= 0.3 is 0 Å². The van der Waals surface area contributed by atoms with Crippen LogP contribution < -0.4 is 15.4 Å². The van der Waals surface area contributed by atoms with Crippen LogP contribution in [0.3, 0.4) is 0 Å². The maximum Gasteiger partial charge on any atom is 0.237 e. The summed E-state index contributed by atoms with van der Waals surface area (Å²) < 4.78 is 20.1. The summed E-state index contributed by atoms with van der Waals surface area (Å²) in [6, 6.07) is 23.0. The molecule has 0 fully saturated rings. The molecule has 0 saturated heterocycles. The van der Waals surface area contributed by atoms with Crippen molar-refractivity contribution in [2.75, 3.05) is 10.6 Å². The topological polar surface area (TPSA) is 76.1 Å². The van der Waals surface area contributed by atoms with E-state index in [0.717, 1.165) is 5.75 Å². The molecule has 0 bridgehead atoms. The molecule has 9 heteroatoms. The first-order valence-corrected chi connectivity index (χ1v) is 11.4. The maximum absolute atomic E-state index is 13.8. The minimum Gasteiger partial charge on any atom is -0.457 e. The van der Waals surface area contributed by atoms with Gasteiger partial charge in [0.1, 0.15) is 17.3 Å². The normalized spacial score (nSPS) is 11.6. The second kappa shape index (κ2) is 10.3. The summed E-state index contributed by atoms with van der Waals surface area (Å²) in [5.74, 6) is 0.894. The average molecular weight is 467 g/mol. The predicted octanol–water partition coefficient (Wildman–Crippen LogP) is 6.33. The Morgan fingerprint density at radius 2 is 1.66 bits per heavy atom. The van der Waals surface area contributed by atoms with Gasteiger partial charge in [-0.25, -0.2) is 4.39 Å².